The monoisotopic (exact) mass is 243 g/mol. The molecule has 2 aromatic heterocycles. The van der Waals surface area contributed by atoms with Gasteiger partial charge in [0.1, 0.15) is 5.69 Å². The first-order valence-corrected chi connectivity index (χ1v) is 6.37. The Balaban J connectivity index is 1.88. The van der Waals surface area contributed by atoms with E-state index in [0.717, 1.165) is 48.8 Å². The molecule has 0 bridgehead atoms. The van der Waals surface area contributed by atoms with E-state index >= 15 is 0 Å². The Morgan fingerprint density at radius 1 is 1.17 bits per heavy atom. The molecule has 94 valence electrons. The van der Waals surface area contributed by atoms with Crippen LogP contribution in [0, 0.1) is 6.92 Å². The fourth-order valence-corrected chi connectivity index (χ4v) is 2.35. The summed E-state index contributed by atoms with van der Waals surface area (Å²) in [4.78, 5) is 16.5. The Hall–Kier alpha value is -1.75. The molecule has 5 nitrogen and oxygen atoms in total. The van der Waals surface area contributed by atoms with Crippen molar-refractivity contribution in [3.63, 3.8) is 0 Å². The highest BCUT2D eigenvalue weighted by Crippen LogP contribution is 2.24. The number of piperidine rings is 1. The molecule has 1 aliphatic heterocycles. The Morgan fingerprint density at radius 3 is 2.72 bits per heavy atom. The second-order valence-corrected chi connectivity index (χ2v) is 4.77. The lowest BCUT2D eigenvalue weighted by Gasteiger charge is -2.21. The van der Waals surface area contributed by atoms with Gasteiger partial charge in [0, 0.05) is 24.0 Å². The molecule has 0 unspecified atom stereocenters. The molecule has 1 saturated heterocycles. The number of H-pyrrole nitrogens is 1. The average molecular weight is 243 g/mol. The van der Waals surface area contributed by atoms with Gasteiger partial charge in [0.15, 0.2) is 5.82 Å². The third-order valence-electron chi connectivity index (χ3n) is 3.36. The summed E-state index contributed by atoms with van der Waals surface area (Å²) < 4.78 is 0. The Bertz CT molecular complexity index is 528. The topological polar surface area (TPSA) is 66.5 Å². The lowest BCUT2D eigenvalue weighted by molar-refractivity contribution is 0.452. The van der Waals surface area contributed by atoms with Crippen molar-refractivity contribution in [2.24, 2.45) is 0 Å². The number of imidazole rings is 1. The van der Waals surface area contributed by atoms with Crippen molar-refractivity contribution in [1.82, 2.24) is 25.3 Å². The first-order valence-electron chi connectivity index (χ1n) is 6.37. The second kappa shape index (κ2) is 4.86. The molecule has 3 rings (SSSR count). The standard InChI is InChI=1S/C13H17N5/c1-9-6-16-13(17-9)12-8-15-7-11(18-12)10-2-4-14-5-3-10/h6-8,10,14H,2-5H2,1H3,(H,16,17). The molecular weight excluding hydrogens is 226 g/mol. The maximum Gasteiger partial charge on any atom is 0.157 e. The minimum Gasteiger partial charge on any atom is -0.341 e. The molecule has 5 heteroatoms. The molecule has 1 fully saturated rings. The molecule has 0 atom stereocenters. The minimum atomic E-state index is 0.523. The maximum absolute atomic E-state index is 4.70. The third kappa shape index (κ3) is 2.26. The zero-order valence-electron chi connectivity index (χ0n) is 10.5. The summed E-state index contributed by atoms with van der Waals surface area (Å²) in [5.41, 5.74) is 2.96. The highest BCUT2D eigenvalue weighted by Gasteiger charge is 2.17. The molecule has 0 amide bonds. The summed E-state index contributed by atoms with van der Waals surface area (Å²) >= 11 is 0. The van der Waals surface area contributed by atoms with Crippen molar-refractivity contribution >= 4 is 0 Å². The average Bonchev–Trinajstić information content (AvgIpc) is 2.87. The fraction of sp³-hybridized carbons (Fsp3) is 0.462. The predicted molar refractivity (Wildman–Crippen MR) is 69.2 cm³/mol. The molecule has 0 saturated carbocycles. The molecule has 2 N–H and O–H groups in total. The number of aryl methyl sites for hydroxylation is 1. The quantitative estimate of drug-likeness (QED) is 0.841. The van der Waals surface area contributed by atoms with Gasteiger partial charge >= 0.3 is 0 Å². The molecule has 1 aliphatic rings. The van der Waals surface area contributed by atoms with E-state index in [9.17, 15) is 0 Å². The summed E-state index contributed by atoms with van der Waals surface area (Å²) in [5, 5.41) is 3.37. The first-order chi connectivity index (χ1) is 8.83. The van der Waals surface area contributed by atoms with Gasteiger partial charge in [-0.2, -0.15) is 0 Å². The van der Waals surface area contributed by atoms with Gasteiger partial charge in [-0.05, 0) is 32.9 Å². The van der Waals surface area contributed by atoms with E-state index in [2.05, 4.69) is 20.3 Å². The highest BCUT2D eigenvalue weighted by atomic mass is 15.0. The van der Waals surface area contributed by atoms with Crippen LogP contribution >= 0.6 is 0 Å². The maximum atomic E-state index is 4.70. The van der Waals surface area contributed by atoms with Gasteiger partial charge in [-0.1, -0.05) is 0 Å². The molecule has 0 radical (unpaired) electrons. The van der Waals surface area contributed by atoms with Crippen molar-refractivity contribution in [1.29, 1.82) is 0 Å². The summed E-state index contributed by atoms with van der Waals surface area (Å²) in [6.45, 7) is 4.12. The van der Waals surface area contributed by atoms with E-state index in [0.29, 0.717) is 5.92 Å². The largest absolute Gasteiger partial charge is 0.341 e. The zero-order chi connectivity index (χ0) is 12.4. The summed E-state index contributed by atoms with van der Waals surface area (Å²) in [7, 11) is 0. The Morgan fingerprint density at radius 2 is 2.00 bits per heavy atom. The van der Waals surface area contributed by atoms with Crippen LogP contribution in [-0.4, -0.2) is 33.0 Å². The van der Waals surface area contributed by atoms with Crippen molar-refractivity contribution in [3.8, 4) is 11.5 Å². The molecular formula is C13H17N5. The van der Waals surface area contributed by atoms with Crippen LogP contribution in [0.1, 0.15) is 30.1 Å². The van der Waals surface area contributed by atoms with Crippen molar-refractivity contribution in [2.75, 3.05) is 13.1 Å². The summed E-state index contributed by atoms with van der Waals surface area (Å²) in [6, 6.07) is 0. The number of hydrogen-bond acceptors (Lipinski definition) is 4. The van der Waals surface area contributed by atoms with Gasteiger partial charge in [0.25, 0.3) is 0 Å². The van der Waals surface area contributed by atoms with E-state index in [1.807, 2.05) is 19.3 Å². The third-order valence-corrected chi connectivity index (χ3v) is 3.36. The van der Waals surface area contributed by atoms with Gasteiger partial charge in [-0.3, -0.25) is 4.98 Å². The highest BCUT2D eigenvalue weighted by molar-refractivity contribution is 5.47. The minimum absolute atomic E-state index is 0.523. The van der Waals surface area contributed by atoms with Crippen molar-refractivity contribution in [2.45, 2.75) is 25.7 Å². The van der Waals surface area contributed by atoms with E-state index < -0.39 is 0 Å². The van der Waals surface area contributed by atoms with Gasteiger partial charge in [0.2, 0.25) is 0 Å². The zero-order valence-corrected chi connectivity index (χ0v) is 10.5. The predicted octanol–water partition coefficient (Wildman–Crippen LogP) is 1.64. The molecule has 18 heavy (non-hydrogen) atoms. The number of rotatable bonds is 2. The summed E-state index contributed by atoms with van der Waals surface area (Å²) in [5.74, 6) is 1.32. The van der Waals surface area contributed by atoms with Crippen LogP contribution in [0.5, 0.6) is 0 Å². The lowest BCUT2D eigenvalue weighted by Crippen LogP contribution is -2.27. The van der Waals surface area contributed by atoms with E-state index in [1.54, 1.807) is 6.20 Å². The molecule has 2 aromatic rings. The number of nitrogens with zero attached hydrogens (tertiary/aromatic N) is 3. The fourth-order valence-electron chi connectivity index (χ4n) is 2.35. The Labute approximate surface area is 106 Å². The lowest BCUT2D eigenvalue weighted by atomic mass is 9.95. The number of hydrogen-bond donors (Lipinski definition) is 2. The van der Waals surface area contributed by atoms with Gasteiger partial charge in [0.05, 0.1) is 11.9 Å². The van der Waals surface area contributed by atoms with Crippen molar-refractivity contribution < 1.29 is 0 Å². The smallest absolute Gasteiger partial charge is 0.157 e. The second-order valence-electron chi connectivity index (χ2n) is 4.77. The first kappa shape index (κ1) is 11.3. The van der Waals surface area contributed by atoms with Crippen LogP contribution in [0.2, 0.25) is 0 Å². The van der Waals surface area contributed by atoms with Gasteiger partial charge < -0.3 is 10.3 Å². The van der Waals surface area contributed by atoms with Gasteiger partial charge in [-0.25, -0.2) is 9.97 Å². The van der Waals surface area contributed by atoms with E-state index in [-0.39, 0.29) is 0 Å². The summed E-state index contributed by atoms with van der Waals surface area (Å²) in [6.07, 6.45) is 7.73. The number of nitrogens with one attached hydrogen (secondary N) is 2. The Kier molecular flexibility index (Phi) is 3.06. The van der Waals surface area contributed by atoms with Crippen LogP contribution in [0.3, 0.4) is 0 Å². The van der Waals surface area contributed by atoms with Crippen LogP contribution < -0.4 is 5.32 Å². The van der Waals surface area contributed by atoms with Crippen LogP contribution in [0.15, 0.2) is 18.6 Å². The van der Waals surface area contributed by atoms with E-state index in [4.69, 9.17) is 4.98 Å². The van der Waals surface area contributed by atoms with Crippen LogP contribution in [0.4, 0.5) is 0 Å². The molecule has 0 spiro atoms. The van der Waals surface area contributed by atoms with E-state index in [1.165, 1.54) is 0 Å². The molecule has 0 aliphatic carbocycles. The SMILES string of the molecule is Cc1cnc(-c2cncc(C3CCNCC3)n2)[nH]1. The molecule has 3 heterocycles. The molecule has 0 aromatic carbocycles. The van der Waals surface area contributed by atoms with Crippen LogP contribution in [-0.2, 0) is 0 Å². The van der Waals surface area contributed by atoms with Crippen molar-refractivity contribution in [3.05, 3.63) is 30.0 Å². The van der Waals surface area contributed by atoms with Gasteiger partial charge in [-0.15, -0.1) is 0 Å². The number of aromatic nitrogens is 4. The van der Waals surface area contributed by atoms with Crippen LogP contribution in [0.25, 0.3) is 11.5 Å². The number of aromatic amines is 1. The normalized spacial score (nSPS) is 16.9.